The van der Waals surface area contributed by atoms with E-state index in [1.54, 1.807) is 6.26 Å². The van der Waals surface area contributed by atoms with Crippen LogP contribution in [0.3, 0.4) is 0 Å². The summed E-state index contributed by atoms with van der Waals surface area (Å²) in [6.07, 6.45) is 1.62. The number of hydrogen-bond donors (Lipinski definition) is 2. The molecule has 1 aliphatic rings. The molecule has 1 saturated heterocycles. The highest BCUT2D eigenvalue weighted by atomic mass is 16.3. The van der Waals surface area contributed by atoms with Gasteiger partial charge >= 0.3 is 0 Å². The normalized spacial score (nSPS) is 18.9. The van der Waals surface area contributed by atoms with Crippen LogP contribution in [0.4, 0.5) is 0 Å². The summed E-state index contributed by atoms with van der Waals surface area (Å²) in [4.78, 5) is 14.0. The Kier molecular flexibility index (Phi) is 4.17. The molecule has 0 radical (unpaired) electrons. The Morgan fingerprint density at radius 2 is 2.35 bits per heavy atom. The van der Waals surface area contributed by atoms with Gasteiger partial charge in [0.05, 0.1) is 18.8 Å². The summed E-state index contributed by atoms with van der Waals surface area (Å²) in [6, 6.07) is 3.63. The fourth-order valence-corrected chi connectivity index (χ4v) is 1.97. The zero-order valence-corrected chi connectivity index (χ0v) is 10.1. The second kappa shape index (κ2) is 5.84. The van der Waals surface area contributed by atoms with Crippen molar-refractivity contribution in [2.45, 2.75) is 13.0 Å². The summed E-state index contributed by atoms with van der Waals surface area (Å²) < 4.78 is 5.25. The predicted octanol–water partition coefficient (Wildman–Crippen LogP) is 0.362. The molecular formula is C12H19N3O2. The third-order valence-corrected chi connectivity index (χ3v) is 2.92. The molecule has 94 valence electrons. The summed E-state index contributed by atoms with van der Waals surface area (Å²) in [7, 11) is 0. The van der Waals surface area contributed by atoms with Gasteiger partial charge in [-0.1, -0.05) is 0 Å². The van der Waals surface area contributed by atoms with E-state index in [1.165, 1.54) is 0 Å². The third kappa shape index (κ3) is 3.57. The molecule has 2 heterocycles. The largest absolute Gasteiger partial charge is 0.467 e. The maximum absolute atomic E-state index is 11.8. The van der Waals surface area contributed by atoms with Crippen molar-refractivity contribution in [1.29, 1.82) is 0 Å². The molecular weight excluding hydrogens is 218 g/mol. The van der Waals surface area contributed by atoms with Gasteiger partial charge in [-0.25, -0.2) is 0 Å². The van der Waals surface area contributed by atoms with E-state index in [0.717, 1.165) is 31.9 Å². The van der Waals surface area contributed by atoms with Crippen LogP contribution < -0.4 is 10.6 Å². The van der Waals surface area contributed by atoms with Crippen LogP contribution in [0.5, 0.6) is 0 Å². The molecule has 1 aliphatic heterocycles. The van der Waals surface area contributed by atoms with Gasteiger partial charge in [0.25, 0.3) is 0 Å². The van der Waals surface area contributed by atoms with E-state index in [9.17, 15) is 4.79 Å². The molecule has 2 rings (SSSR count). The second-order valence-corrected chi connectivity index (χ2v) is 4.33. The van der Waals surface area contributed by atoms with Gasteiger partial charge in [0.2, 0.25) is 5.91 Å². The fraction of sp³-hybridized carbons (Fsp3) is 0.583. The maximum Gasteiger partial charge on any atom is 0.234 e. The smallest absolute Gasteiger partial charge is 0.234 e. The Hall–Kier alpha value is -1.33. The van der Waals surface area contributed by atoms with E-state index in [-0.39, 0.29) is 11.9 Å². The summed E-state index contributed by atoms with van der Waals surface area (Å²) in [5.41, 5.74) is 0. The minimum atomic E-state index is -0.0691. The Morgan fingerprint density at radius 1 is 1.59 bits per heavy atom. The molecule has 0 bridgehead atoms. The molecule has 0 aromatic carbocycles. The molecule has 2 N–H and O–H groups in total. The molecule has 0 spiro atoms. The highest BCUT2D eigenvalue weighted by molar-refractivity contribution is 5.78. The lowest BCUT2D eigenvalue weighted by Crippen LogP contribution is -2.47. The van der Waals surface area contributed by atoms with Crippen LogP contribution in [-0.4, -0.2) is 43.5 Å². The monoisotopic (exact) mass is 237 g/mol. The Morgan fingerprint density at radius 3 is 3.00 bits per heavy atom. The first-order chi connectivity index (χ1) is 8.25. The lowest BCUT2D eigenvalue weighted by atomic mass is 10.2. The van der Waals surface area contributed by atoms with Crippen LogP contribution in [0.1, 0.15) is 18.7 Å². The van der Waals surface area contributed by atoms with Crippen molar-refractivity contribution >= 4 is 5.91 Å². The topological polar surface area (TPSA) is 57.5 Å². The number of carbonyl (C=O) groups excluding carboxylic acids is 1. The van der Waals surface area contributed by atoms with Crippen LogP contribution in [0.2, 0.25) is 0 Å². The second-order valence-electron chi connectivity index (χ2n) is 4.33. The van der Waals surface area contributed by atoms with Gasteiger partial charge in [0.1, 0.15) is 5.76 Å². The average Bonchev–Trinajstić information content (AvgIpc) is 2.83. The SMILES string of the molecule is CC(NC(=O)CN1CCNCC1)c1ccco1. The molecule has 1 aromatic rings. The summed E-state index contributed by atoms with van der Waals surface area (Å²) in [6.45, 7) is 6.17. The van der Waals surface area contributed by atoms with Crippen LogP contribution in [-0.2, 0) is 4.79 Å². The van der Waals surface area contributed by atoms with Gasteiger partial charge < -0.3 is 15.1 Å². The molecule has 1 aromatic heterocycles. The molecule has 1 unspecified atom stereocenters. The molecule has 1 atom stereocenters. The van der Waals surface area contributed by atoms with Crippen molar-refractivity contribution in [1.82, 2.24) is 15.5 Å². The highest BCUT2D eigenvalue weighted by Crippen LogP contribution is 2.11. The molecule has 1 amide bonds. The summed E-state index contributed by atoms with van der Waals surface area (Å²) >= 11 is 0. The van der Waals surface area contributed by atoms with Gasteiger partial charge in [-0.3, -0.25) is 9.69 Å². The van der Waals surface area contributed by atoms with Gasteiger partial charge in [0, 0.05) is 26.2 Å². The number of carbonyl (C=O) groups is 1. The predicted molar refractivity (Wildman–Crippen MR) is 64.6 cm³/mol. The number of nitrogens with zero attached hydrogens (tertiary/aromatic N) is 1. The van der Waals surface area contributed by atoms with Crippen LogP contribution in [0.25, 0.3) is 0 Å². The van der Waals surface area contributed by atoms with Crippen LogP contribution in [0.15, 0.2) is 22.8 Å². The molecule has 1 fully saturated rings. The van der Waals surface area contributed by atoms with Crippen molar-refractivity contribution in [2.24, 2.45) is 0 Å². The van der Waals surface area contributed by atoms with Gasteiger partial charge in [-0.05, 0) is 19.1 Å². The zero-order valence-electron chi connectivity index (χ0n) is 10.1. The minimum Gasteiger partial charge on any atom is -0.467 e. The van der Waals surface area contributed by atoms with E-state index >= 15 is 0 Å². The molecule has 17 heavy (non-hydrogen) atoms. The summed E-state index contributed by atoms with van der Waals surface area (Å²) in [5.74, 6) is 0.842. The van der Waals surface area contributed by atoms with Crippen molar-refractivity contribution in [3.8, 4) is 0 Å². The fourth-order valence-electron chi connectivity index (χ4n) is 1.97. The van der Waals surface area contributed by atoms with E-state index in [0.29, 0.717) is 6.54 Å². The first-order valence-corrected chi connectivity index (χ1v) is 6.01. The molecule has 5 nitrogen and oxygen atoms in total. The van der Waals surface area contributed by atoms with Crippen molar-refractivity contribution in [2.75, 3.05) is 32.7 Å². The number of nitrogens with one attached hydrogen (secondary N) is 2. The first-order valence-electron chi connectivity index (χ1n) is 6.01. The summed E-state index contributed by atoms with van der Waals surface area (Å²) in [5, 5.41) is 6.20. The third-order valence-electron chi connectivity index (χ3n) is 2.92. The molecule has 5 heteroatoms. The van der Waals surface area contributed by atoms with Gasteiger partial charge in [-0.15, -0.1) is 0 Å². The first kappa shape index (κ1) is 12.1. The molecule has 0 saturated carbocycles. The lowest BCUT2D eigenvalue weighted by molar-refractivity contribution is -0.123. The quantitative estimate of drug-likeness (QED) is 0.794. The maximum atomic E-state index is 11.8. The number of hydrogen-bond acceptors (Lipinski definition) is 4. The lowest BCUT2D eigenvalue weighted by Gasteiger charge is -2.26. The Bertz CT molecular complexity index is 345. The van der Waals surface area contributed by atoms with Crippen LogP contribution in [0, 0.1) is 0 Å². The van der Waals surface area contributed by atoms with Crippen molar-refractivity contribution in [3.63, 3.8) is 0 Å². The van der Waals surface area contributed by atoms with Crippen molar-refractivity contribution in [3.05, 3.63) is 24.2 Å². The Balaban J connectivity index is 1.76. The number of amides is 1. The van der Waals surface area contributed by atoms with E-state index in [1.807, 2.05) is 19.1 Å². The Labute approximate surface area is 101 Å². The standard InChI is InChI=1S/C12H19N3O2/c1-10(11-3-2-8-17-11)14-12(16)9-15-6-4-13-5-7-15/h2-3,8,10,13H,4-7,9H2,1H3,(H,14,16). The number of piperazine rings is 1. The van der Waals surface area contributed by atoms with Gasteiger partial charge in [-0.2, -0.15) is 0 Å². The van der Waals surface area contributed by atoms with E-state index in [2.05, 4.69) is 15.5 Å². The zero-order chi connectivity index (χ0) is 12.1. The molecule has 0 aliphatic carbocycles. The van der Waals surface area contributed by atoms with Gasteiger partial charge in [0.15, 0.2) is 0 Å². The highest BCUT2D eigenvalue weighted by Gasteiger charge is 2.16. The number of rotatable bonds is 4. The van der Waals surface area contributed by atoms with E-state index < -0.39 is 0 Å². The van der Waals surface area contributed by atoms with E-state index in [4.69, 9.17) is 4.42 Å². The van der Waals surface area contributed by atoms with Crippen molar-refractivity contribution < 1.29 is 9.21 Å². The minimum absolute atomic E-state index is 0.0517. The van der Waals surface area contributed by atoms with Crippen LogP contribution >= 0.6 is 0 Å². The average molecular weight is 237 g/mol. The number of furan rings is 1.